The molecule has 0 fully saturated rings. The number of ether oxygens (including phenoxy) is 1. The van der Waals surface area contributed by atoms with Crippen molar-refractivity contribution in [2.24, 2.45) is 0 Å². The molecule has 2 N–H and O–H groups in total. The average Bonchev–Trinajstić information content (AvgIpc) is 3.32. The number of methoxy groups -OCH3 is 1. The Morgan fingerprint density at radius 3 is 2.71 bits per heavy atom. The first-order valence-corrected chi connectivity index (χ1v) is 9.89. The van der Waals surface area contributed by atoms with Crippen molar-refractivity contribution in [3.63, 3.8) is 0 Å². The Bertz CT molecular complexity index is 1040. The maximum Gasteiger partial charge on any atom is 0.135 e. The van der Waals surface area contributed by atoms with E-state index in [9.17, 15) is 5.11 Å². The molecule has 2 aromatic carbocycles. The highest BCUT2D eigenvalue weighted by Crippen LogP contribution is 2.36. The summed E-state index contributed by atoms with van der Waals surface area (Å²) in [6.07, 6.45) is 0. The summed E-state index contributed by atoms with van der Waals surface area (Å²) in [6.45, 7) is 2.36. The van der Waals surface area contributed by atoms with Crippen LogP contribution in [0.2, 0.25) is 0 Å². The Hall–Kier alpha value is -3.12. The molecule has 0 spiro atoms. The molecule has 0 saturated carbocycles. The molecule has 0 unspecified atom stereocenters. The van der Waals surface area contributed by atoms with E-state index in [0.29, 0.717) is 23.0 Å². The van der Waals surface area contributed by atoms with Crippen molar-refractivity contribution in [3.8, 4) is 17.0 Å². The van der Waals surface area contributed by atoms with Crippen LogP contribution in [0.1, 0.15) is 23.5 Å². The third kappa shape index (κ3) is 3.27. The van der Waals surface area contributed by atoms with Gasteiger partial charge >= 0.3 is 0 Å². The normalized spacial score (nSPS) is 15.2. The largest absolute Gasteiger partial charge is 0.510 e. The number of nitrogens with one attached hydrogen (secondary N) is 1. The van der Waals surface area contributed by atoms with E-state index in [4.69, 9.17) is 10.1 Å². The van der Waals surface area contributed by atoms with E-state index in [1.165, 1.54) is 11.3 Å². The van der Waals surface area contributed by atoms with E-state index in [1.54, 1.807) is 7.11 Å². The first kappa shape index (κ1) is 18.3. The standard InChI is InChI=1S/C22H21N3O2S/c1-14(15-7-4-3-5-8-15)25-12-19(26)20(21(25)23)22-24-18(13-28-22)16-9-6-10-17(11-16)27-2/h3-11,13-14,23,26H,12H2,1-2H3/t14-/m0/s1. The number of aromatic nitrogens is 1. The Kier molecular flexibility index (Phi) is 4.88. The minimum atomic E-state index is -0.00818. The summed E-state index contributed by atoms with van der Waals surface area (Å²) in [5, 5.41) is 21.8. The molecular formula is C22H21N3O2S. The minimum absolute atomic E-state index is 0.00818. The van der Waals surface area contributed by atoms with Crippen molar-refractivity contribution in [1.82, 2.24) is 9.88 Å². The SMILES string of the molecule is COc1cccc(-c2csc(C3=C(O)CN([C@@H](C)c4ccccc4)C3=N)n2)c1. The number of rotatable bonds is 5. The van der Waals surface area contributed by atoms with Gasteiger partial charge in [-0.1, -0.05) is 42.5 Å². The minimum Gasteiger partial charge on any atom is -0.510 e. The third-order valence-corrected chi connectivity index (χ3v) is 5.83. The lowest BCUT2D eigenvalue weighted by molar-refractivity contribution is 0.310. The number of aliphatic hydroxyl groups excluding tert-OH is 1. The summed E-state index contributed by atoms with van der Waals surface area (Å²) in [5.41, 5.74) is 3.38. The number of hydrogen-bond donors (Lipinski definition) is 2. The fraction of sp³-hybridized carbons (Fsp3) is 0.182. The van der Waals surface area contributed by atoms with E-state index in [-0.39, 0.29) is 11.8 Å². The van der Waals surface area contributed by atoms with E-state index < -0.39 is 0 Å². The smallest absolute Gasteiger partial charge is 0.135 e. The van der Waals surface area contributed by atoms with Crippen molar-refractivity contribution in [2.75, 3.05) is 13.7 Å². The molecule has 1 atom stereocenters. The number of thiazole rings is 1. The lowest BCUT2D eigenvalue weighted by Gasteiger charge is -2.26. The van der Waals surface area contributed by atoms with Crippen LogP contribution in [-0.4, -0.2) is 34.5 Å². The molecule has 2 heterocycles. The van der Waals surface area contributed by atoms with Crippen LogP contribution in [0.15, 0.2) is 65.7 Å². The van der Waals surface area contributed by atoms with Gasteiger partial charge in [0.1, 0.15) is 22.4 Å². The van der Waals surface area contributed by atoms with Crippen molar-refractivity contribution in [1.29, 1.82) is 5.41 Å². The van der Waals surface area contributed by atoms with Gasteiger partial charge in [-0.25, -0.2) is 4.98 Å². The highest BCUT2D eigenvalue weighted by Gasteiger charge is 2.33. The summed E-state index contributed by atoms with van der Waals surface area (Å²) in [7, 11) is 1.64. The van der Waals surface area contributed by atoms with Crippen molar-refractivity contribution in [2.45, 2.75) is 13.0 Å². The highest BCUT2D eigenvalue weighted by molar-refractivity contribution is 7.11. The molecule has 0 radical (unpaired) electrons. The lowest BCUT2D eigenvalue weighted by Crippen LogP contribution is -2.29. The molecule has 5 nitrogen and oxygen atoms in total. The van der Waals surface area contributed by atoms with E-state index in [2.05, 4.69) is 4.98 Å². The Balaban J connectivity index is 1.60. The zero-order valence-corrected chi connectivity index (χ0v) is 16.5. The summed E-state index contributed by atoms with van der Waals surface area (Å²) >= 11 is 1.43. The highest BCUT2D eigenvalue weighted by atomic mass is 32.1. The first-order chi connectivity index (χ1) is 13.6. The first-order valence-electron chi connectivity index (χ1n) is 9.01. The van der Waals surface area contributed by atoms with Crippen LogP contribution < -0.4 is 4.74 Å². The average molecular weight is 391 g/mol. The number of benzene rings is 2. The second-order valence-electron chi connectivity index (χ2n) is 6.65. The predicted molar refractivity (Wildman–Crippen MR) is 113 cm³/mol. The van der Waals surface area contributed by atoms with Crippen molar-refractivity contribution in [3.05, 3.63) is 76.3 Å². The van der Waals surface area contributed by atoms with Crippen LogP contribution in [0.5, 0.6) is 5.75 Å². The molecule has 0 aliphatic carbocycles. The van der Waals surface area contributed by atoms with Crippen LogP contribution in [0.4, 0.5) is 0 Å². The Morgan fingerprint density at radius 2 is 1.96 bits per heavy atom. The van der Waals surface area contributed by atoms with E-state index in [1.807, 2.05) is 71.8 Å². The fourth-order valence-electron chi connectivity index (χ4n) is 3.37. The van der Waals surface area contributed by atoms with Gasteiger partial charge in [-0.2, -0.15) is 0 Å². The Labute approximate surface area is 168 Å². The molecular weight excluding hydrogens is 370 g/mol. The van der Waals surface area contributed by atoms with Gasteiger partial charge in [-0.3, -0.25) is 5.41 Å². The third-order valence-electron chi connectivity index (χ3n) is 4.97. The van der Waals surface area contributed by atoms with Crippen LogP contribution in [-0.2, 0) is 0 Å². The molecule has 1 aromatic heterocycles. The maximum atomic E-state index is 10.6. The zero-order chi connectivity index (χ0) is 19.7. The molecule has 3 aromatic rings. The summed E-state index contributed by atoms with van der Waals surface area (Å²) in [4.78, 5) is 6.58. The predicted octanol–water partition coefficient (Wildman–Crippen LogP) is 5.14. The summed E-state index contributed by atoms with van der Waals surface area (Å²) in [5.74, 6) is 1.27. The van der Waals surface area contributed by atoms with Gasteiger partial charge in [0.25, 0.3) is 0 Å². The van der Waals surface area contributed by atoms with Crippen LogP contribution in [0.3, 0.4) is 0 Å². The van der Waals surface area contributed by atoms with Gasteiger partial charge in [0.15, 0.2) is 0 Å². The second kappa shape index (κ2) is 7.48. The number of amidine groups is 1. The summed E-state index contributed by atoms with van der Waals surface area (Å²) in [6, 6.07) is 17.7. The molecule has 28 heavy (non-hydrogen) atoms. The zero-order valence-electron chi connectivity index (χ0n) is 15.7. The van der Waals surface area contributed by atoms with Crippen LogP contribution in [0.25, 0.3) is 16.8 Å². The van der Waals surface area contributed by atoms with Gasteiger partial charge < -0.3 is 14.7 Å². The van der Waals surface area contributed by atoms with Gasteiger partial charge in [0.05, 0.1) is 31.0 Å². The topological polar surface area (TPSA) is 69.4 Å². The number of aliphatic hydroxyl groups is 1. The van der Waals surface area contributed by atoms with Crippen molar-refractivity contribution < 1.29 is 9.84 Å². The van der Waals surface area contributed by atoms with Crippen LogP contribution >= 0.6 is 11.3 Å². The molecule has 1 aliphatic rings. The van der Waals surface area contributed by atoms with Gasteiger partial charge in [-0.05, 0) is 24.6 Å². The monoisotopic (exact) mass is 391 g/mol. The summed E-state index contributed by atoms with van der Waals surface area (Å²) < 4.78 is 5.29. The Morgan fingerprint density at radius 1 is 1.18 bits per heavy atom. The van der Waals surface area contributed by atoms with Gasteiger partial charge in [-0.15, -0.1) is 11.3 Å². The molecule has 142 valence electrons. The quantitative estimate of drug-likeness (QED) is 0.632. The van der Waals surface area contributed by atoms with E-state index >= 15 is 0 Å². The molecule has 1 aliphatic heterocycles. The van der Waals surface area contributed by atoms with Gasteiger partial charge in [0, 0.05) is 10.9 Å². The van der Waals surface area contributed by atoms with E-state index in [0.717, 1.165) is 22.6 Å². The fourth-order valence-corrected chi connectivity index (χ4v) is 4.27. The van der Waals surface area contributed by atoms with Gasteiger partial charge in [0.2, 0.25) is 0 Å². The number of hydrogen-bond acceptors (Lipinski definition) is 5. The molecule has 4 rings (SSSR count). The lowest BCUT2D eigenvalue weighted by atomic mass is 10.1. The maximum absolute atomic E-state index is 10.6. The molecule has 0 saturated heterocycles. The van der Waals surface area contributed by atoms with Crippen molar-refractivity contribution >= 4 is 22.7 Å². The molecule has 0 amide bonds. The molecule has 0 bridgehead atoms. The number of nitrogens with zero attached hydrogens (tertiary/aromatic N) is 2. The van der Waals surface area contributed by atoms with Crippen LogP contribution in [0, 0.1) is 5.41 Å². The second-order valence-corrected chi connectivity index (χ2v) is 7.51. The molecule has 6 heteroatoms.